The molecular weight excluding hydrogens is 444 g/mol. The molecule has 1 fully saturated rings. The van der Waals surface area contributed by atoms with E-state index < -0.39 is 0 Å². The van der Waals surface area contributed by atoms with E-state index in [0.717, 1.165) is 43.4 Å². The molecule has 1 aromatic carbocycles. The molecule has 4 rings (SSSR count). The summed E-state index contributed by atoms with van der Waals surface area (Å²) < 4.78 is 12.5. The minimum atomic E-state index is -0.302. The molecule has 0 radical (unpaired) electrons. The summed E-state index contributed by atoms with van der Waals surface area (Å²) >= 11 is 1.34. The largest absolute Gasteiger partial charge is 0.493 e. The molecule has 1 aliphatic heterocycles. The lowest BCUT2D eigenvalue weighted by atomic mass is 10.2. The topological polar surface area (TPSA) is 102 Å². The SMILES string of the molecule is CCN1CCN(c2nc3ncn(CC(=O)NCc4cccc(OC)c4OC)c(=O)c3s2)CC1. The van der Waals surface area contributed by atoms with Crippen LogP contribution in [-0.2, 0) is 17.9 Å². The third-order valence-electron chi connectivity index (χ3n) is 5.74. The number of hydrogen-bond acceptors (Lipinski definition) is 9. The molecule has 0 aliphatic carbocycles. The van der Waals surface area contributed by atoms with E-state index in [-0.39, 0.29) is 24.6 Å². The molecule has 0 bridgehead atoms. The Balaban J connectivity index is 1.44. The lowest BCUT2D eigenvalue weighted by molar-refractivity contribution is -0.121. The molecule has 2 aromatic heterocycles. The van der Waals surface area contributed by atoms with Gasteiger partial charge in [0, 0.05) is 38.3 Å². The maximum atomic E-state index is 13.0. The van der Waals surface area contributed by atoms with E-state index in [0.29, 0.717) is 21.8 Å². The number of aromatic nitrogens is 3. The first-order valence-corrected chi connectivity index (χ1v) is 11.7. The summed E-state index contributed by atoms with van der Waals surface area (Å²) in [5.74, 6) is 0.855. The van der Waals surface area contributed by atoms with E-state index in [4.69, 9.17) is 9.47 Å². The normalized spacial score (nSPS) is 14.5. The molecule has 0 unspecified atom stereocenters. The summed E-state index contributed by atoms with van der Waals surface area (Å²) in [6, 6.07) is 5.47. The van der Waals surface area contributed by atoms with Gasteiger partial charge in [-0.25, -0.2) is 4.98 Å². The number of rotatable bonds is 8. The summed E-state index contributed by atoms with van der Waals surface area (Å²) in [6.45, 7) is 7.00. The maximum Gasteiger partial charge on any atom is 0.273 e. The molecule has 3 heterocycles. The maximum absolute atomic E-state index is 13.0. The zero-order valence-corrected chi connectivity index (χ0v) is 19.9. The van der Waals surface area contributed by atoms with Crippen LogP contribution in [0.15, 0.2) is 29.3 Å². The van der Waals surface area contributed by atoms with Crippen LogP contribution in [0.5, 0.6) is 11.5 Å². The number of nitrogens with one attached hydrogen (secondary N) is 1. The van der Waals surface area contributed by atoms with Gasteiger partial charge in [0.1, 0.15) is 17.6 Å². The van der Waals surface area contributed by atoms with Crippen LogP contribution in [-0.4, -0.2) is 72.3 Å². The van der Waals surface area contributed by atoms with Gasteiger partial charge < -0.3 is 24.6 Å². The number of amides is 1. The van der Waals surface area contributed by atoms with Gasteiger partial charge in [0.05, 0.1) is 14.2 Å². The van der Waals surface area contributed by atoms with Gasteiger partial charge >= 0.3 is 0 Å². The van der Waals surface area contributed by atoms with E-state index in [2.05, 4.69) is 32.0 Å². The molecule has 0 saturated carbocycles. The molecule has 1 aliphatic rings. The second-order valence-corrected chi connectivity index (χ2v) is 8.65. The molecule has 3 aromatic rings. The number of anilines is 1. The fraction of sp³-hybridized carbons (Fsp3) is 0.455. The highest BCUT2D eigenvalue weighted by molar-refractivity contribution is 7.22. The van der Waals surface area contributed by atoms with Crippen LogP contribution in [0, 0.1) is 0 Å². The van der Waals surface area contributed by atoms with Gasteiger partial charge in [0.2, 0.25) is 5.91 Å². The monoisotopic (exact) mass is 472 g/mol. The molecule has 1 saturated heterocycles. The smallest absolute Gasteiger partial charge is 0.273 e. The summed E-state index contributed by atoms with van der Waals surface area (Å²) in [7, 11) is 3.11. The van der Waals surface area contributed by atoms with E-state index in [1.54, 1.807) is 20.3 Å². The minimum Gasteiger partial charge on any atom is -0.493 e. The van der Waals surface area contributed by atoms with E-state index in [1.807, 2.05) is 12.1 Å². The molecule has 1 N–H and O–H groups in total. The van der Waals surface area contributed by atoms with Crippen molar-refractivity contribution < 1.29 is 14.3 Å². The molecule has 11 heteroatoms. The van der Waals surface area contributed by atoms with Gasteiger partial charge in [-0.15, -0.1) is 0 Å². The highest BCUT2D eigenvalue weighted by Crippen LogP contribution is 2.30. The van der Waals surface area contributed by atoms with Crippen LogP contribution in [0.1, 0.15) is 12.5 Å². The van der Waals surface area contributed by atoms with Gasteiger partial charge in [0.15, 0.2) is 22.3 Å². The van der Waals surface area contributed by atoms with Gasteiger partial charge in [-0.3, -0.25) is 14.2 Å². The lowest BCUT2D eigenvalue weighted by Crippen LogP contribution is -2.46. The Bertz CT molecular complexity index is 1190. The van der Waals surface area contributed by atoms with Crippen LogP contribution in [0.4, 0.5) is 5.13 Å². The van der Waals surface area contributed by atoms with Crippen molar-refractivity contribution in [3.8, 4) is 11.5 Å². The number of fused-ring (bicyclic) bond motifs is 1. The van der Waals surface area contributed by atoms with E-state index >= 15 is 0 Å². The van der Waals surface area contributed by atoms with Crippen LogP contribution >= 0.6 is 11.3 Å². The number of methoxy groups -OCH3 is 2. The molecule has 33 heavy (non-hydrogen) atoms. The quantitative estimate of drug-likeness (QED) is 0.524. The average Bonchev–Trinajstić information content (AvgIpc) is 3.29. The van der Waals surface area contributed by atoms with Crippen molar-refractivity contribution in [1.82, 2.24) is 24.8 Å². The Kier molecular flexibility index (Phi) is 7.09. The molecule has 0 atom stereocenters. The minimum absolute atomic E-state index is 0.129. The van der Waals surface area contributed by atoms with Crippen molar-refractivity contribution in [1.29, 1.82) is 0 Å². The second kappa shape index (κ2) is 10.2. The van der Waals surface area contributed by atoms with Crippen molar-refractivity contribution >= 4 is 32.7 Å². The molecule has 176 valence electrons. The zero-order chi connectivity index (χ0) is 23.4. The number of benzene rings is 1. The highest BCUT2D eigenvalue weighted by Gasteiger charge is 2.21. The Hall–Kier alpha value is -3.18. The van der Waals surface area contributed by atoms with Crippen LogP contribution in [0.25, 0.3) is 10.3 Å². The third-order valence-corrected chi connectivity index (χ3v) is 6.83. The highest BCUT2D eigenvalue weighted by atomic mass is 32.1. The molecule has 10 nitrogen and oxygen atoms in total. The number of nitrogens with zero attached hydrogens (tertiary/aromatic N) is 5. The summed E-state index contributed by atoms with van der Waals surface area (Å²) in [4.78, 5) is 39.0. The fourth-order valence-electron chi connectivity index (χ4n) is 3.84. The number of piperazine rings is 1. The first-order chi connectivity index (χ1) is 16.0. The number of thiazole rings is 1. The zero-order valence-electron chi connectivity index (χ0n) is 19.0. The predicted molar refractivity (Wildman–Crippen MR) is 127 cm³/mol. The predicted octanol–water partition coefficient (Wildman–Crippen LogP) is 1.33. The van der Waals surface area contributed by atoms with Gasteiger partial charge in [-0.05, 0) is 12.6 Å². The number of likely N-dealkylation sites (N-methyl/N-ethyl adjacent to an activating group) is 1. The number of carbonyl (C=O) groups is 1. The van der Waals surface area contributed by atoms with E-state index in [1.165, 1.54) is 22.2 Å². The Labute approximate surface area is 195 Å². The molecular formula is C22H28N6O4S. The van der Waals surface area contributed by atoms with E-state index in [9.17, 15) is 9.59 Å². The Morgan fingerprint density at radius 2 is 1.97 bits per heavy atom. The number of para-hydroxylation sites is 1. The molecule has 0 spiro atoms. The first-order valence-electron chi connectivity index (χ1n) is 10.8. The standard InChI is InChI=1S/C22H28N6O4S/c1-4-26-8-10-27(11-9-26)22-25-20-19(33-22)21(30)28(14-24-20)13-17(29)23-12-15-6-5-7-16(31-2)18(15)32-3/h5-7,14H,4,8-13H2,1-3H3,(H,23,29). The third kappa shape index (κ3) is 4.93. The average molecular weight is 473 g/mol. The van der Waals surface area contributed by atoms with Crippen LogP contribution < -0.4 is 25.2 Å². The van der Waals surface area contributed by atoms with Gasteiger partial charge in [-0.1, -0.05) is 30.4 Å². The van der Waals surface area contributed by atoms with Crippen molar-refractivity contribution in [2.75, 3.05) is 51.8 Å². The Morgan fingerprint density at radius 1 is 1.18 bits per heavy atom. The Morgan fingerprint density at radius 3 is 2.67 bits per heavy atom. The summed E-state index contributed by atoms with van der Waals surface area (Å²) in [5, 5.41) is 3.63. The summed E-state index contributed by atoms with van der Waals surface area (Å²) in [5.41, 5.74) is 0.946. The molecule has 1 amide bonds. The van der Waals surface area contributed by atoms with Crippen molar-refractivity contribution in [3.63, 3.8) is 0 Å². The van der Waals surface area contributed by atoms with Crippen LogP contribution in [0.3, 0.4) is 0 Å². The first kappa shape index (κ1) is 23.0. The fourth-order valence-corrected chi connectivity index (χ4v) is 4.86. The van der Waals surface area contributed by atoms with Crippen LogP contribution in [0.2, 0.25) is 0 Å². The van der Waals surface area contributed by atoms with Gasteiger partial charge in [-0.2, -0.15) is 4.98 Å². The van der Waals surface area contributed by atoms with Gasteiger partial charge in [0.25, 0.3) is 5.56 Å². The van der Waals surface area contributed by atoms with Crippen molar-refractivity contribution in [2.45, 2.75) is 20.0 Å². The van der Waals surface area contributed by atoms with Crippen molar-refractivity contribution in [3.05, 3.63) is 40.4 Å². The lowest BCUT2D eigenvalue weighted by Gasteiger charge is -2.33. The second-order valence-electron chi connectivity index (χ2n) is 7.68. The number of ether oxygens (including phenoxy) is 2. The summed E-state index contributed by atoms with van der Waals surface area (Å²) in [6.07, 6.45) is 1.38. The number of carbonyl (C=O) groups excluding carboxylic acids is 1. The van der Waals surface area contributed by atoms with Crippen molar-refractivity contribution in [2.24, 2.45) is 0 Å². The number of hydrogen-bond donors (Lipinski definition) is 1.